The van der Waals surface area contributed by atoms with Crippen molar-refractivity contribution in [1.29, 1.82) is 0 Å². The maximum Gasteiger partial charge on any atom is 0.295 e. The normalized spacial score (nSPS) is 16.8. The first-order chi connectivity index (χ1) is 17.6. The van der Waals surface area contributed by atoms with Crippen LogP contribution >= 0.6 is 0 Å². The summed E-state index contributed by atoms with van der Waals surface area (Å²) in [5.74, 6) is -1.05. The molecule has 0 unspecified atom stereocenters. The fourth-order valence-electron chi connectivity index (χ4n) is 4.22. The molecule has 1 amide bonds. The molecular weight excluding hydrogens is 454 g/mol. The number of ether oxygens (including phenoxy) is 1. The van der Waals surface area contributed by atoms with Gasteiger partial charge < -0.3 is 14.7 Å². The molecule has 5 rings (SSSR count). The van der Waals surface area contributed by atoms with Crippen molar-refractivity contribution in [2.24, 2.45) is 0 Å². The van der Waals surface area contributed by atoms with Crippen LogP contribution in [0.15, 0.2) is 109 Å². The molecule has 0 saturated carbocycles. The molecule has 178 valence electrons. The first-order valence-corrected chi connectivity index (χ1v) is 11.5. The molecule has 1 aliphatic rings. The Morgan fingerprint density at radius 1 is 0.833 bits per heavy atom. The summed E-state index contributed by atoms with van der Waals surface area (Å²) in [6, 6.07) is 22.9. The summed E-state index contributed by atoms with van der Waals surface area (Å²) in [7, 11) is 0. The second-order valence-corrected chi connectivity index (χ2v) is 8.37. The number of hydrogen-bond acceptors (Lipinski definition) is 6. The molecule has 36 heavy (non-hydrogen) atoms. The van der Waals surface area contributed by atoms with Crippen molar-refractivity contribution < 1.29 is 19.4 Å². The third kappa shape index (κ3) is 4.72. The number of benzene rings is 2. The number of aromatic nitrogens is 2. The van der Waals surface area contributed by atoms with E-state index < -0.39 is 17.7 Å². The molecule has 4 aromatic rings. The Morgan fingerprint density at radius 3 is 2.19 bits per heavy atom. The summed E-state index contributed by atoms with van der Waals surface area (Å²) in [6.07, 6.45) is 6.50. The zero-order valence-electron chi connectivity index (χ0n) is 19.3. The van der Waals surface area contributed by atoms with E-state index in [1.165, 1.54) is 4.90 Å². The molecule has 0 radical (unpaired) electrons. The highest BCUT2D eigenvalue weighted by Crippen LogP contribution is 2.40. The summed E-state index contributed by atoms with van der Waals surface area (Å²) >= 11 is 0. The summed E-state index contributed by atoms with van der Waals surface area (Å²) in [5.41, 5.74) is 2.87. The van der Waals surface area contributed by atoms with Crippen molar-refractivity contribution >= 4 is 17.4 Å². The number of carbonyl (C=O) groups is 2. The van der Waals surface area contributed by atoms with Crippen LogP contribution in [-0.2, 0) is 22.7 Å². The van der Waals surface area contributed by atoms with E-state index >= 15 is 0 Å². The smallest absolute Gasteiger partial charge is 0.295 e. The van der Waals surface area contributed by atoms with Crippen molar-refractivity contribution in [1.82, 2.24) is 14.9 Å². The van der Waals surface area contributed by atoms with Crippen LogP contribution < -0.4 is 4.74 Å². The number of aliphatic hydroxyl groups is 1. The zero-order valence-corrected chi connectivity index (χ0v) is 19.3. The van der Waals surface area contributed by atoms with Crippen LogP contribution in [0, 0.1) is 0 Å². The molecule has 2 aromatic carbocycles. The molecule has 1 atom stereocenters. The number of pyridine rings is 2. The number of likely N-dealkylation sites (tertiary alicyclic amines) is 1. The molecule has 2 aromatic heterocycles. The Labute approximate surface area is 208 Å². The standard InChI is InChI=1S/C29H23N3O4/c33-27(22-10-12-24(13-11-22)36-19-20-6-2-1-3-7-20)25-26(23-9-5-15-31-17-23)32(29(35)28(25)34)18-21-8-4-14-30-16-21/h1-17,26,33H,18-19H2/b27-25+/t26-/m1/s1. The summed E-state index contributed by atoms with van der Waals surface area (Å²) in [5, 5.41) is 11.2. The molecule has 3 heterocycles. The van der Waals surface area contributed by atoms with Gasteiger partial charge in [0.2, 0.25) is 0 Å². The lowest BCUT2D eigenvalue weighted by Crippen LogP contribution is -2.29. The number of Topliss-reactive ketones (excluding diaryl/α,β-unsaturated/α-hetero) is 1. The second-order valence-electron chi connectivity index (χ2n) is 8.37. The number of aliphatic hydroxyl groups excluding tert-OH is 1. The SMILES string of the molecule is O=C1C(=O)N(Cc2cccnc2)[C@H](c2cccnc2)/C1=C(\O)c1ccc(OCc2ccccc2)cc1. The first-order valence-electron chi connectivity index (χ1n) is 11.5. The molecule has 1 aliphatic heterocycles. The minimum atomic E-state index is -0.784. The van der Waals surface area contributed by atoms with Crippen LogP contribution in [0.4, 0.5) is 0 Å². The van der Waals surface area contributed by atoms with E-state index in [1.807, 2.05) is 36.4 Å². The number of amides is 1. The van der Waals surface area contributed by atoms with E-state index in [2.05, 4.69) is 9.97 Å². The van der Waals surface area contributed by atoms with E-state index in [1.54, 1.807) is 67.3 Å². The number of rotatable bonds is 7. The van der Waals surface area contributed by atoms with E-state index in [0.29, 0.717) is 23.5 Å². The van der Waals surface area contributed by atoms with E-state index in [0.717, 1.165) is 11.1 Å². The van der Waals surface area contributed by atoms with Gasteiger partial charge in [-0.15, -0.1) is 0 Å². The molecule has 7 nitrogen and oxygen atoms in total. The van der Waals surface area contributed by atoms with Crippen LogP contribution in [0.25, 0.3) is 5.76 Å². The summed E-state index contributed by atoms with van der Waals surface area (Å²) < 4.78 is 5.82. The maximum atomic E-state index is 13.2. The van der Waals surface area contributed by atoms with Crippen molar-refractivity contribution in [3.8, 4) is 5.75 Å². The number of carbonyl (C=O) groups excluding carboxylic acids is 2. The Hall–Kier alpha value is -4.78. The van der Waals surface area contributed by atoms with Gasteiger partial charge in [-0.25, -0.2) is 0 Å². The molecule has 1 fully saturated rings. The van der Waals surface area contributed by atoms with Crippen LogP contribution in [-0.4, -0.2) is 31.7 Å². The van der Waals surface area contributed by atoms with Crippen LogP contribution in [0.2, 0.25) is 0 Å². The quantitative estimate of drug-likeness (QED) is 0.236. The number of hydrogen-bond donors (Lipinski definition) is 1. The van der Waals surface area contributed by atoms with Gasteiger partial charge in [-0.05, 0) is 53.1 Å². The third-order valence-electron chi connectivity index (χ3n) is 5.99. The lowest BCUT2D eigenvalue weighted by Gasteiger charge is -2.25. The average Bonchev–Trinajstić information content (AvgIpc) is 3.18. The number of nitrogens with zero attached hydrogens (tertiary/aromatic N) is 3. The van der Waals surface area contributed by atoms with E-state index in [4.69, 9.17) is 4.74 Å². The topological polar surface area (TPSA) is 92.6 Å². The Balaban J connectivity index is 1.47. The van der Waals surface area contributed by atoms with Crippen LogP contribution in [0.1, 0.15) is 28.3 Å². The monoisotopic (exact) mass is 477 g/mol. The molecule has 0 spiro atoms. The van der Waals surface area contributed by atoms with E-state index in [-0.39, 0.29) is 17.9 Å². The average molecular weight is 478 g/mol. The Kier molecular flexibility index (Phi) is 6.53. The van der Waals surface area contributed by atoms with Crippen LogP contribution in [0.3, 0.4) is 0 Å². The van der Waals surface area contributed by atoms with E-state index in [9.17, 15) is 14.7 Å². The first kappa shape index (κ1) is 23.0. The van der Waals surface area contributed by atoms with Crippen LogP contribution in [0.5, 0.6) is 5.75 Å². The van der Waals surface area contributed by atoms with Crippen molar-refractivity contribution in [2.45, 2.75) is 19.2 Å². The summed E-state index contributed by atoms with van der Waals surface area (Å²) in [4.78, 5) is 36.0. The minimum absolute atomic E-state index is 0.0230. The van der Waals surface area contributed by atoms with Crippen molar-refractivity contribution in [3.05, 3.63) is 131 Å². The van der Waals surface area contributed by atoms with Gasteiger partial charge in [-0.3, -0.25) is 19.6 Å². The minimum Gasteiger partial charge on any atom is -0.507 e. The summed E-state index contributed by atoms with van der Waals surface area (Å²) in [6.45, 7) is 0.577. The van der Waals surface area contributed by atoms with Gasteiger partial charge >= 0.3 is 0 Å². The zero-order chi connectivity index (χ0) is 24.9. The highest BCUT2D eigenvalue weighted by molar-refractivity contribution is 6.46. The molecular formula is C29H23N3O4. The predicted octanol–water partition coefficient (Wildman–Crippen LogP) is 4.68. The van der Waals surface area contributed by atoms with Gasteiger partial charge in [0.25, 0.3) is 11.7 Å². The number of ketones is 1. The van der Waals surface area contributed by atoms with Gasteiger partial charge in [0.15, 0.2) is 0 Å². The molecule has 1 saturated heterocycles. The van der Waals surface area contributed by atoms with Gasteiger partial charge in [0.05, 0.1) is 11.6 Å². The Morgan fingerprint density at radius 2 is 1.53 bits per heavy atom. The van der Waals surface area contributed by atoms with Gasteiger partial charge in [-0.2, -0.15) is 0 Å². The lowest BCUT2D eigenvalue weighted by molar-refractivity contribution is -0.140. The van der Waals surface area contributed by atoms with Gasteiger partial charge in [0, 0.05) is 36.9 Å². The molecule has 0 aliphatic carbocycles. The largest absolute Gasteiger partial charge is 0.507 e. The fraction of sp³-hybridized carbons (Fsp3) is 0.103. The van der Waals surface area contributed by atoms with Crippen molar-refractivity contribution in [2.75, 3.05) is 0 Å². The fourth-order valence-corrected chi connectivity index (χ4v) is 4.22. The highest BCUT2D eigenvalue weighted by Gasteiger charge is 2.46. The lowest BCUT2D eigenvalue weighted by atomic mass is 9.96. The molecule has 1 N–H and O–H groups in total. The third-order valence-corrected chi connectivity index (χ3v) is 5.99. The predicted molar refractivity (Wildman–Crippen MR) is 134 cm³/mol. The second kappa shape index (κ2) is 10.2. The molecule has 7 heteroatoms. The van der Waals surface area contributed by atoms with Gasteiger partial charge in [-0.1, -0.05) is 42.5 Å². The molecule has 0 bridgehead atoms. The van der Waals surface area contributed by atoms with Crippen molar-refractivity contribution in [3.63, 3.8) is 0 Å². The Bertz CT molecular complexity index is 1390. The highest BCUT2D eigenvalue weighted by atomic mass is 16.5. The maximum absolute atomic E-state index is 13.2. The van der Waals surface area contributed by atoms with Gasteiger partial charge in [0.1, 0.15) is 18.1 Å².